The van der Waals surface area contributed by atoms with Crippen LogP contribution in [-0.2, 0) is 19.6 Å². The lowest BCUT2D eigenvalue weighted by Crippen LogP contribution is -2.49. The molecule has 106 heavy (non-hydrogen) atoms. The van der Waals surface area contributed by atoms with E-state index in [1.807, 2.05) is 87.3 Å². The minimum Gasteiger partial charge on any atom is -0.362 e. The Morgan fingerprint density at radius 3 is 0.925 bits per heavy atom. The van der Waals surface area contributed by atoms with Crippen molar-refractivity contribution in [2.24, 2.45) is 0 Å². The average Bonchev–Trinajstić information content (AvgIpc) is 0.793. The van der Waals surface area contributed by atoms with Crippen LogP contribution < -0.4 is 31.4 Å². The first-order valence-corrected chi connectivity index (χ1v) is 35.5. The van der Waals surface area contributed by atoms with Crippen LogP contribution in [0.4, 0.5) is 47.3 Å². The minimum atomic E-state index is -0.757. The summed E-state index contributed by atoms with van der Waals surface area (Å²) in [5, 5.41) is 42.0. The Hall–Kier alpha value is -12.6. The number of benzene rings is 7. The summed E-state index contributed by atoms with van der Waals surface area (Å²) in [6, 6.07) is 54.6. The molecular formula is C77H65F3N12O12S2. The number of piperazine rings is 3. The van der Waals surface area contributed by atoms with Gasteiger partial charge < -0.3 is 29.4 Å². The highest BCUT2D eigenvalue weighted by molar-refractivity contribution is 7.12. The summed E-state index contributed by atoms with van der Waals surface area (Å²) >= 11 is 2.77. The summed E-state index contributed by atoms with van der Waals surface area (Å²) in [4.78, 5) is 125. The zero-order valence-corrected chi connectivity index (χ0v) is 58.2. The number of hydrogen-bond donors (Lipinski definition) is 0. The van der Waals surface area contributed by atoms with Gasteiger partial charge in [0, 0.05) is 100 Å². The van der Waals surface area contributed by atoms with Crippen molar-refractivity contribution in [1.82, 2.24) is 28.4 Å². The van der Waals surface area contributed by atoms with Gasteiger partial charge in [-0.3, -0.25) is 72.8 Å². The quantitative estimate of drug-likeness (QED) is 0.0682. The molecule has 3 aliphatic rings. The van der Waals surface area contributed by atoms with Crippen molar-refractivity contribution >= 4 is 107 Å². The number of fused-ring (bicyclic) bond motifs is 3. The molecule has 7 aromatic carbocycles. The highest BCUT2D eigenvalue weighted by atomic mass is 32.1. The van der Waals surface area contributed by atoms with Gasteiger partial charge in [0.15, 0.2) is 0 Å². The molecule has 3 aliphatic heterocycles. The van der Waals surface area contributed by atoms with Gasteiger partial charge in [0.25, 0.3) is 17.7 Å². The highest BCUT2D eigenvalue weighted by Gasteiger charge is 2.37. The molecule has 8 heterocycles. The Morgan fingerprint density at radius 1 is 0.340 bits per heavy atom. The van der Waals surface area contributed by atoms with Crippen molar-refractivity contribution in [2.45, 2.75) is 19.6 Å². The zero-order chi connectivity index (χ0) is 74.3. The van der Waals surface area contributed by atoms with E-state index in [1.54, 1.807) is 92.4 Å². The summed E-state index contributed by atoms with van der Waals surface area (Å²) in [7, 11) is 0. The van der Waals surface area contributed by atoms with E-state index in [1.165, 1.54) is 97.0 Å². The molecule has 0 atom stereocenters. The Balaban J connectivity index is 0.000000141. The largest absolute Gasteiger partial charge is 0.362 e. The fraction of sp³-hybridized carbons (Fsp3) is 0.195. The molecule has 12 aromatic rings. The second-order valence-electron chi connectivity index (χ2n) is 25.1. The van der Waals surface area contributed by atoms with Crippen LogP contribution >= 0.6 is 22.7 Å². The van der Waals surface area contributed by atoms with Crippen LogP contribution in [0.5, 0.6) is 0 Å². The first-order valence-electron chi connectivity index (χ1n) is 33.7. The maximum absolute atomic E-state index is 13.5. The number of pyridine rings is 3. The van der Waals surface area contributed by atoms with Crippen LogP contribution in [0.15, 0.2) is 225 Å². The molecule has 5 aromatic heterocycles. The van der Waals surface area contributed by atoms with Crippen molar-refractivity contribution in [3.8, 4) is 0 Å². The van der Waals surface area contributed by atoms with Gasteiger partial charge in [0.05, 0.1) is 60.7 Å². The number of nitro groups is 3. The molecule has 0 aliphatic carbocycles. The van der Waals surface area contributed by atoms with E-state index in [4.69, 9.17) is 0 Å². The second kappa shape index (κ2) is 31.5. The lowest BCUT2D eigenvalue weighted by Gasteiger charge is -2.36. The van der Waals surface area contributed by atoms with Gasteiger partial charge in [-0.05, 0) is 106 Å². The van der Waals surface area contributed by atoms with Gasteiger partial charge in [-0.25, -0.2) is 13.2 Å². The van der Waals surface area contributed by atoms with Gasteiger partial charge in [0.2, 0.25) is 0 Å². The van der Waals surface area contributed by atoms with E-state index in [-0.39, 0.29) is 74.9 Å². The first kappa shape index (κ1) is 71.8. The summed E-state index contributed by atoms with van der Waals surface area (Å²) in [5.41, 5.74) is 1.50. The predicted molar refractivity (Wildman–Crippen MR) is 401 cm³/mol. The summed E-state index contributed by atoms with van der Waals surface area (Å²) < 4.78 is 44.1. The number of thiophene rings is 2. The van der Waals surface area contributed by atoms with Crippen LogP contribution in [0.3, 0.4) is 0 Å². The molecule has 29 heteroatoms. The maximum Gasteiger partial charge on any atom is 0.357 e. The van der Waals surface area contributed by atoms with Gasteiger partial charge in [0.1, 0.15) is 34.5 Å². The van der Waals surface area contributed by atoms with Crippen LogP contribution in [0, 0.1) is 47.8 Å². The number of rotatable bonds is 15. The third kappa shape index (κ3) is 15.1. The Labute approximate surface area is 609 Å². The number of amides is 3. The number of para-hydroxylation sites is 3. The second-order valence-corrected chi connectivity index (χ2v) is 27.0. The SMILES string of the molecule is O=C(c1ccc(F)cc1)N1CCN(c2c([N+](=O)[O-])c(=O)n(Cc3ccc(F)cc3)c3ccccc23)CC1.O=C(c1cccs1)N1CCN(c2c([N+](=O)[O-])c(=O)n(Cc3ccc(F)cc3)c3ccccc23)CC1.O=C(c1cccs1)N1CCN(c2c([N+](=O)[O-])c(=O)n(Cc3ccccc3)c3ccccc23)CC1. The molecular weight excluding hydrogens is 1410 g/mol. The Bertz CT molecular complexity index is 5490. The molecule has 0 saturated carbocycles. The Kier molecular flexibility index (Phi) is 21.3. The van der Waals surface area contributed by atoms with E-state index >= 15 is 0 Å². The molecule has 0 radical (unpaired) electrons. The average molecular weight is 1470 g/mol. The first-order chi connectivity index (χ1) is 51.3. The van der Waals surface area contributed by atoms with Crippen molar-refractivity contribution in [2.75, 3.05) is 93.2 Å². The third-order valence-electron chi connectivity index (χ3n) is 18.8. The lowest BCUT2D eigenvalue weighted by molar-refractivity contribution is -0.385. The molecule has 3 saturated heterocycles. The monoisotopic (exact) mass is 1470 g/mol. The number of anilines is 3. The van der Waals surface area contributed by atoms with Gasteiger partial charge in [-0.2, -0.15) is 0 Å². The molecule has 24 nitrogen and oxygen atoms in total. The van der Waals surface area contributed by atoms with Crippen LogP contribution in [0.1, 0.15) is 46.4 Å². The zero-order valence-electron chi connectivity index (χ0n) is 56.5. The van der Waals surface area contributed by atoms with Crippen LogP contribution in [0.25, 0.3) is 32.7 Å². The molecule has 15 rings (SSSR count). The van der Waals surface area contributed by atoms with E-state index in [2.05, 4.69) is 0 Å². The van der Waals surface area contributed by atoms with E-state index < -0.39 is 66.0 Å². The maximum atomic E-state index is 13.5. The van der Waals surface area contributed by atoms with E-state index in [9.17, 15) is 72.3 Å². The van der Waals surface area contributed by atoms with Crippen LogP contribution in [-0.4, -0.2) is 139 Å². The highest BCUT2D eigenvalue weighted by Crippen LogP contribution is 2.38. The van der Waals surface area contributed by atoms with E-state index in [0.29, 0.717) is 117 Å². The minimum absolute atomic E-state index is 0.0349. The van der Waals surface area contributed by atoms with Crippen molar-refractivity contribution in [1.29, 1.82) is 0 Å². The topological polar surface area (TPSA) is 266 Å². The van der Waals surface area contributed by atoms with Gasteiger partial charge in [-0.15, -0.1) is 22.7 Å². The van der Waals surface area contributed by atoms with E-state index in [0.717, 1.165) is 5.56 Å². The summed E-state index contributed by atoms with van der Waals surface area (Å²) in [5.74, 6) is -1.60. The molecule has 0 spiro atoms. The normalized spacial score (nSPS) is 13.8. The fourth-order valence-corrected chi connectivity index (χ4v) is 15.0. The lowest BCUT2D eigenvalue weighted by atomic mass is 10.1. The molecule has 0 bridgehead atoms. The predicted octanol–water partition coefficient (Wildman–Crippen LogP) is 12.3. The van der Waals surface area contributed by atoms with Crippen molar-refractivity contribution < 1.29 is 42.3 Å². The van der Waals surface area contributed by atoms with Gasteiger partial charge in [-0.1, -0.05) is 121 Å². The fourth-order valence-electron chi connectivity index (χ4n) is 13.6. The Morgan fingerprint density at radius 2 is 0.623 bits per heavy atom. The third-order valence-corrected chi connectivity index (χ3v) is 20.5. The summed E-state index contributed by atoms with van der Waals surface area (Å²) in [6.07, 6.45) is 0. The number of aromatic nitrogens is 3. The number of carbonyl (C=O) groups excluding carboxylic acids is 3. The van der Waals surface area contributed by atoms with Crippen molar-refractivity contribution in [3.63, 3.8) is 0 Å². The number of carbonyl (C=O) groups is 3. The molecule has 3 amide bonds. The summed E-state index contributed by atoms with van der Waals surface area (Å²) in [6.45, 7) is 4.64. The smallest absolute Gasteiger partial charge is 0.357 e. The van der Waals surface area contributed by atoms with Crippen molar-refractivity contribution in [3.05, 3.63) is 322 Å². The standard InChI is InChI=1S/C27H22F2N4O4.C25H21FN4O4S.C25H22N4O4S/c28-20-9-5-18(6-10-20)17-32-23-4-2-1-3-22(23)24(25(27(32)35)33(36)37)30-13-15-31(16-14-30)26(34)19-7-11-21(29)12-8-19;26-18-9-7-17(8-10-18)16-29-20-5-2-1-4-19(20)22(23(25(29)32)30(33)34)27-11-13-28(14-12-27)24(31)21-6-3-15-35-21;30-24(21-11-6-16-34-21)27-14-12-26(13-15-27)22-19-9-4-5-10-20(19)28(25(31)23(22)29(32)33)17-18-7-2-1-3-8-18/h1-12H,13-17H2;1-10,15H,11-14,16H2;1-11,16H,12-15,17H2. The van der Waals surface area contributed by atoms with Gasteiger partial charge >= 0.3 is 33.7 Å². The molecule has 3 fully saturated rings. The molecule has 0 N–H and O–H groups in total. The number of halogens is 3. The van der Waals surface area contributed by atoms with Crippen LogP contribution in [0.2, 0.25) is 0 Å². The molecule has 538 valence electrons. The molecule has 0 unspecified atom stereocenters. The number of hydrogen-bond acceptors (Lipinski definition) is 17. The number of nitrogens with zero attached hydrogens (tertiary/aromatic N) is 12.